The second-order valence-electron chi connectivity index (χ2n) is 6.07. The predicted octanol–water partition coefficient (Wildman–Crippen LogP) is 3.49. The van der Waals surface area contributed by atoms with Crippen LogP contribution in [0.3, 0.4) is 0 Å². The molecule has 0 bridgehead atoms. The van der Waals surface area contributed by atoms with E-state index in [0.29, 0.717) is 5.92 Å². The van der Waals surface area contributed by atoms with Crippen molar-refractivity contribution in [1.29, 1.82) is 0 Å². The number of benzene rings is 1. The lowest BCUT2D eigenvalue weighted by atomic mass is 10.1. The van der Waals surface area contributed by atoms with Gasteiger partial charge in [0.2, 0.25) is 0 Å². The van der Waals surface area contributed by atoms with Crippen molar-refractivity contribution in [3.8, 4) is 0 Å². The SMILES string of the molecule is CCNC(=NCC1CCN(c2ccc(Br)cc2)C1)NCCCOC.I. The molecule has 1 aliphatic heterocycles. The fourth-order valence-corrected chi connectivity index (χ4v) is 3.12. The van der Waals surface area contributed by atoms with Gasteiger partial charge < -0.3 is 20.3 Å². The van der Waals surface area contributed by atoms with Crippen LogP contribution >= 0.6 is 39.9 Å². The van der Waals surface area contributed by atoms with Crippen LogP contribution in [0.25, 0.3) is 0 Å². The second-order valence-corrected chi connectivity index (χ2v) is 6.99. The number of hydrogen-bond acceptors (Lipinski definition) is 3. The summed E-state index contributed by atoms with van der Waals surface area (Å²) >= 11 is 3.49. The molecule has 1 aromatic carbocycles. The van der Waals surface area contributed by atoms with Gasteiger partial charge in [0.1, 0.15) is 0 Å². The van der Waals surface area contributed by atoms with E-state index in [9.17, 15) is 0 Å². The lowest BCUT2D eigenvalue weighted by molar-refractivity contribution is 0.195. The molecule has 1 saturated heterocycles. The summed E-state index contributed by atoms with van der Waals surface area (Å²) < 4.78 is 6.20. The predicted molar refractivity (Wildman–Crippen MR) is 120 cm³/mol. The van der Waals surface area contributed by atoms with Gasteiger partial charge in [0.05, 0.1) is 0 Å². The van der Waals surface area contributed by atoms with E-state index in [1.807, 2.05) is 0 Å². The van der Waals surface area contributed by atoms with Crippen molar-refractivity contribution >= 4 is 51.6 Å². The molecule has 0 aromatic heterocycles. The highest BCUT2D eigenvalue weighted by atomic mass is 127. The van der Waals surface area contributed by atoms with Crippen molar-refractivity contribution in [1.82, 2.24) is 10.6 Å². The third-order valence-corrected chi connectivity index (χ3v) is 4.68. The number of methoxy groups -OCH3 is 1. The topological polar surface area (TPSA) is 48.9 Å². The molecule has 142 valence electrons. The Morgan fingerprint density at radius 3 is 2.76 bits per heavy atom. The van der Waals surface area contributed by atoms with Gasteiger partial charge in [-0.25, -0.2) is 0 Å². The minimum absolute atomic E-state index is 0. The number of nitrogens with zero attached hydrogens (tertiary/aromatic N) is 2. The van der Waals surface area contributed by atoms with Crippen LogP contribution in [0.15, 0.2) is 33.7 Å². The van der Waals surface area contributed by atoms with Gasteiger partial charge >= 0.3 is 0 Å². The number of guanidine groups is 1. The zero-order chi connectivity index (χ0) is 17.2. The summed E-state index contributed by atoms with van der Waals surface area (Å²) in [6.07, 6.45) is 2.18. The molecule has 2 rings (SSSR count). The van der Waals surface area contributed by atoms with Crippen LogP contribution in [-0.4, -0.2) is 52.4 Å². The van der Waals surface area contributed by atoms with E-state index < -0.39 is 0 Å². The van der Waals surface area contributed by atoms with Gasteiger partial charge in [-0.1, -0.05) is 15.9 Å². The maximum absolute atomic E-state index is 5.08. The molecule has 1 aromatic rings. The smallest absolute Gasteiger partial charge is 0.191 e. The number of hydrogen-bond donors (Lipinski definition) is 2. The first-order valence-electron chi connectivity index (χ1n) is 8.74. The van der Waals surface area contributed by atoms with E-state index in [4.69, 9.17) is 9.73 Å². The summed E-state index contributed by atoms with van der Waals surface area (Å²) in [7, 11) is 1.73. The number of ether oxygens (including phenoxy) is 1. The van der Waals surface area contributed by atoms with Crippen molar-refractivity contribution in [3.63, 3.8) is 0 Å². The van der Waals surface area contributed by atoms with E-state index in [1.54, 1.807) is 7.11 Å². The van der Waals surface area contributed by atoms with Crippen LogP contribution in [0.2, 0.25) is 0 Å². The molecule has 5 nitrogen and oxygen atoms in total. The molecule has 0 amide bonds. The third kappa shape index (κ3) is 8.13. The maximum Gasteiger partial charge on any atom is 0.191 e. The fourth-order valence-electron chi connectivity index (χ4n) is 2.85. The molecule has 0 aliphatic carbocycles. The Bertz CT molecular complexity index is 512. The van der Waals surface area contributed by atoms with Gasteiger partial charge in [-0.2, -0.15) is 0 Å². The van der Waals surface area contributed by atoms with E-state index >= 15 is 0 Å². The Morgan fingerprint density at radius 2 is 2.08 bits per heavy atom. The molecule has 1 aliphatic rings. The lowest BCUT2D eigenvalue weighted by Crippen LogP contribution is -2.38. The Morgan fingerprint density at radius 1 is 1.32 bits per heavy atom. The zero-order valence-electron chi connectivity index (χ0n) is 15.1. The van der Waals surface area contributed by atoms with Crippen LogP contribution in [0.5, 0.6) is 0 Å². The van der Waals surface area contributed by atoms with E-state index in [-0.39, 0.29) is 24.0 Å². The number of anilines is 1. The van der Waals surface area contributed by atoms with Crippen molar-refractivity contribution in [2.45, 2.75) is 19.8 Å². The lowest BCUT2D eigenvalue weighted by Gasteiger charge is -2.18. The Labute approximate surface area is 177 Å². The largest absolute Gasteiger partial charge is 0.385 e. The molecule has 1 fully saturated rings. The molecular formula is C18H30BrIN4O. The van der Waals surface area contributed by atoms with Crippen molar-refractivity contribution < 1.29 is 4.74 Å². The van der Waals surface area contributed by atoms with E-state index in [2.05, 4.69) is 62.7 Å². The standard InChI is InChI=1S/C18H29BrN4O.HI/c1-3-20-18(21-10-4-12-24-2)22-13-15-9-11-23(14-15)17-7-5-16(19)6-8-17;/h5-8,15H,3-4,9-14H2,1-2H3,(H2,20,21,22);1H. The highest BCUT2D eigenvalue weighted by Gasteiger charge is 2.22. The number of aliphatic imine (C=N–C) groups is 1. The summed E-state index contributed by atoms with van der Waals surface area (Å²) in [5.41, 5.74) is 1.30. The van der Waals surface area contributed by atoms with Gasteiger partial charge in [-0.05, 0) is 49.9 Å². The first-order valence-corrected chi connectivity index (χ1v) is 9.54. The Kier molecular flexibility index (Phi) is 11.5. The first kappa shape index (κ1) is 22.5. The quantitative estimate of drug-likeness (QED) is 0.236. The number of halogens is 2. The van der Waals surface area contributed by atoms with Gasteiger partial charge in [-0.3, -0.25) is 4.99 Å². The molecule has 0 spiro atoms. The van der Waals surface area contributed by atoms with Gasteiger partial charge in [-0.15, -0.1) is 24.0 Å². The first-order chi connectivity index (χ1) is 11.7. The van der Waals surface area contributed by atoms with Crippen LogP contribution < -0.4 is 15.5 Å². The highest BCUT2D eigenvalue weighted by molar-refractivity contribution is 14.0. The van der Waals surface area contributed by atoms with Crippen molar-refractivity contribution in [2.24, 2.45) is 10.9 Å². The van der Waals surface area contributed by atoms with Gasteiger partial charge in [0.25, 0.3) is 0 Å². The van der Waals surface area contributed by atoms with Crippen molar-refractivity contribution in [2.75, 3.05) is 51.3 Å². The average molecular weight is 525 g/mol. The summed E-state index contributed by atoms with van der Waals surface area (Å²) in [4.78, 5) is 7.20. The fraction of sp³-hybridized carbons (Fsp3) is 0.611. The molecule has 25 heavy (non-hydrogen) atoms. The van der Waals surface area contributed by atoms with Gasteiger partial charge in [0.15, 0.2) is 5.96 Å². The minimum atomic E-state index is 0. The normalized spacial score (nSPS) is 17.3. The summed E-state index contributed by atoms with van der Waals surface area (Å²) in [6, 6.07) is 8.57. The van der Waals surface area contributed by atoms with Gasteiger partial charge in [0, 0.05) is 56.6 Å². The number of rotatable bonds is 8. The second kappa shape index (κ2) is 12.8. The monoisotopic (exact) mass is 524 g/mol. The molecular weight excluding hydrogens is 495 g/mol. The van der Waals surface area contributed by atoms with Crippen LogP contribution in [-0.2, 0) is 4.74 Å². The molecule has 7 heteroatoms. The van der Waals surface area contributed by atoms with Crippen LogP contribution in [0.4, 0.5) is 5.69 Å². The Balaban J connectivity index is 0.00000312. The van der Waals surface area contributed by atoms with Crippen molar-refractivity contribution in [3.05, 3.63) is 28.7 Å². The minimum Gasteiger partial charge on any atom is -0.385 e. The van der Waals surface area contributed by atoms with Crippen LogP contribution in [0.1, 0.15) is 19.8 Å². The van der Waals surface area contributed by atoms with E-state index in [0.717, 1.165) is 56.2 Å². The molecule has 1 heterocycles. The maximum atomic E-state index is 5.08. The molecule has 1 atom stereocenters. The highest BCUT2D eigenvalue weighted by Crippen LogP contribution is 2.25. The van der Waals surface area contributed by atoms with E-state index in [1.165, 1.54) is 12.1 Å². The summed E-state index contributed by atoms with van der Waals surface area (Å²) in [5.74, 6) is 1.53. The molecule has 0 radical (unpaired) electrons. The average Bonchev–Trinajstić information content (AvgIpc) is 3.06. The summed E-state index contributed by atoms with van der Waals surface area (Å²) in [6.45, 7) is 7.69. The zero-order valence-corrected chi connectivity index (χ0v) is 19.0. The Hall–Kier alpha value is -0.540. The number of nitrogens with one attached hydrogen (secondary N) is 2. The molecule has 0 saturated carbocycles. The van der Waals surface area contributed by atoms with Crippen LogP contribution in [0, 0.1) is 5.92 Å². The molecule has 2 N–H and O–H groups in total. The summed E-state index contributed by atoms with van der Waals surface area (Å²) in [5, 5.41) is 6.68. The molecule has 1 unspecified atom stereocenters. The third-order valence-electron chi connectivity index (χ3n) is 4.15.